The minimum absolute atomic E-state index is 0.715. The molecule has 4 rings (SSSR count). The molecule has 0 aliphatic heterocycles. The van der Waals surface area contributed by atoms with Gasteiger partial charge in [0, 0.05) is 11.4 Å². The first-order valence-electron chi connectivity index (χ1n) is 9.35. The van der Waals surface area contributed by atoms with Gasteiger partial charge >= 0.3 is 0 Å². The topological polar surface area (TPSA) is 70.5 Å². The van der Waals surface area contributed by atoms with Crippen molar-refractivity contribution in [3.05, 3.63) is 96.6 Å². The van der Waals surface area contributed by atoms with E-state index in [4.69, 9.17) is 20.9 Å². The maximum atomic E-state index is 5.96. The molecule has 144 valence electrons. The van der Waals surface area contributed by atoms with E-state index < -0.39 is 0 Å². The third-order valence-electron chi connectivity index (χ3n) is 4.59. The number of hydrogen-bond donors (Lipinski definition) is 2. The van der Waals surface area contributed by atoms with Gasteiger partial charge in [-0.05, 0) is 96.4 Å². The van der Waals surface area contributed by atoms with Crippen molar-refractivity contribution in [2.45, 2.75) is 6.92 Å². The van der Waals surface area contributed by atoms with Crippen molar-refractivity contribution in [2.24, 2.45) is 0 Å². The first-order valence-corrected chi connectivity index (χ1v) is 9.35. The van der Waals surface area contributed by atoms with Gasteiger partial charge in [0.2, 0.25) is 0 Å². The van der Waals surface area contributed by atoms with Crippen LogP contribution in [0.3, 0.4) is 0 Å². The molecule has 4 heteroatoms. The summed E-state index contributed by atoms with van der Waals surface area (Å²) in [6.07, 6.45) is 0. The summed E-state index contributed by atoms with van der Waals surface area (Å²) in [6.45, 7) is 2.04. The van der Waals surface area contributed by atoms with E-state index in [1.165, 1.54) is 0 Å². The van der Waals surface area contributed by atoms with Crippen molar-refractivity contribution in [3.8, 4) is 34.1 Å². The fourth-order valence-electron chi connectivity index (χ4n) is 2.99. The van der Waals surface area contributed by atoms with Gasteiger partial charge in [0.05, 0.1) is 0 Å². The summed E-state index contributed by atoms with van der Waals surface area (Å²) in [5.41, 5.74) is 16.1. The van der Waals surface area contributed by atoms with Gasteiger partial charge in [-0.3, -0.25) is 0 Å². The molecule has 4 aromatic rings. The Morgan fingerprint density at radius 1 is 0.517 bits per heavy atom. The highest BCUT2D eigenvalue weighted by molar-refractivity contribution is 5.66. The maximum absolute atomic E-state index is 5.96. The molecule has 0 atom stereocenters. The lowest BCUT2D eigenvalue weighted by molar-refractivity contribution is 0.479. The summed E-state index contributed by atoms with van der Waals surface area (Å²) in [4.78, 5) is 0. The molecule has 0 aliphatic carbocycles. The summed E-state index contributed by atoms with van der Waals surface area (Å²) >= 11 is 0. The average Bonchev–Trinajstić information content (AvgIpc) is 2.73. The van der Waals surface area contributed by atoms with Crippen LogP contribution in [-0.4, -0.2) is 0 Å². The molecular weight excluding hydrogens is 360 g/mol. The summed E-state index contributed by atoms with van der Waals surface area (Å²) < 4.78 is 11.8. The Bertz CT molecular complexity index is 1100. The predicted octanol–water partition coefficient (Wildman–Crippen LogP) is 6.41. The average molecular weight is 382 g/mol. The zero-order valence-corrected chi connectivity index (χ0v) is 16.1. The molecule has 0 aliphatic rings. The van der Waals surface area contributed by atoms with Crippen LogP contribution in [0.4, 0.5) is 11.4 Å². The Balaban J connectivity index is 1.48. The molecule has 0 amide bonds. The first-order chi connectivity index (χ1) is 14.1. The Kier molecular flexibility index (Phi) is 5.08. The van der Waals surface area contributed by atoms with E-state index in [-0.39, 0.29) is 0 Å². The van der Waals surface area contributed by atoms with E-state index >= 15 is 0 Å². The van der Waals surface area contributed by atoms with Gasteiger partial charge in [0.1, 0.15) is 23.0 Å². The van der Waals surface area contributed by atoms with Gasteiger partial charge in [0.15, 0.2) is 0 Å². The second-order valence-electron chi connectivity index (χ2n) is 6.85. The van der Waals surface area contributed by atoms with Crippen molar-refractivity contribution in [2.75, 3.05) is 11.5 Å². The number of benzene rings is 4. The molecule has 0 spiro atoms. The molecule has 0 saturated heterocycles. The normalized spacial score (nSPS) is 10.5. The minimum atomic E-state index is 0.715. The molecule has 0 bridgehead atoms. The van der Waals surface area contributed by atoms with Crippen LogP contribution in [0.1, 0.15) is 5.56 Å². The van der Waals surface area contributed by atoms with Gasteiger partial charge in [0.25, 0.3) is 0 Å². The summed E-state index contributed by atoms with van der Waals surface area (Å²) in [5.74, 6) is 3.12. The number of anilines is 2. The number of hydrogen-bond acceptors (Lipinski definition) is 4. The van der Waals surface area contributed by atoms with E-state index in [0.29, 0.717) is 11.4 Å². The van der Waals surface area contributed by atoms with Crippen LogP contribution < -0.4 is 20.9 Å². The molecule has 4 aromatic carbocycles. The highest BCUT2D eigenvalue weighted by atomic mass is 16.5. The molecule has 0 heterocycles. The quantitative estimate of drug-likeness (QED) is 0.391. The van der Waals surface area contributed by atoms with Crippen molar-refractivity contribution >= 4 is 11.4 Å². The monoisotopic (exact) mass is 382 g/mol. The molecule has 0 aromatic heterocycles. The second kappa shape index (κ2) is 7.98. The van der Waals surface area contributed by atoms with Crippen molar-refractivity contribution in [1.29, 1.82) is 0 Å². The minimum Gasteiger partial charge on any atom is -0.457 e. The smallest absolute Gasteiger partial charge is 0.130 e. The number of nitrogen functional groups attached to an aromatic ring is 2. The molecule has 4 N–H and O–H groups in total. The lowest BCUT2D eigenvalue weighted by Gasteiger charge is -2.11. The standard InChI is InChI=1S/C25H22N2O2/c1-17-16-19(4-15-25(17)29-24-13-7-21(27)8-14-24)18-2-9-22(10-3-18)28-23-11-5-20(26)6-12-23/h2-16H,26-27H2,1H3. The zero-order chi connectivity index (χ0) is 20.2. The van der Waals surface area contributed by atoms with E-state index in [2.05, 4.69) is 12.1 Å². The van der Waals surface area contributed by atoms with Crippen LogP contribution in [-0.2, 0) is 0 Å². The number of rotatable bonds is 5. The highest BCUT2D eigenvalue weighted by Gasteiger charge is 2.06. The Morgan fingerprint density at radius 3 is 1.48 bits per heavy atom. The molecular formula is C25H22N2O2. The Morgan fingerprint density at radius 2 is 0.966 bits per heavy atom. The van der Waals surface area contributed by atoms with Crippen LogP contribution in [0.5, 0.6) is 23.0 Å². The van der Waals surface area contributed by atoms with E-state index in [1.54, 1.807) is 0 Å². The fourth-order valence-corrected chi connectivity index (χ4v) is 2.99. The lowest BCUT2D eigenvalue weighted by atomic mass is 10.0. The summed E-state index contributed by atoms with van der Waals surface area (Å²) in [5, 5.41) is 0. The van der Waals surface area contributed by atoms with Crippen LogP contribution >= 0.6 is 0 Å². The van der Waals surface area contributed by atoms with Gasteiger partial charge in [-0.2, -0.15) is 0 Å². The van der Waals surface area contributed by atoms with Gasteiger partial charge in [-0.15, -0.1) is 0 Å². The number of nitrogens with two attached hydrogens (primary N) is 2. The summed E-state index contributed by atoms with van der Waals surface area (Å²) in [7, 11) is 0. The van der Waals surface area contributed by atoms with Crippen LogP contribution in [0, 0.1) is 6.92 Å². The Labute approximate surface area is 170 Å². The van der Waals surface area contributed by atoms with E-state index in [9.17, 15) is 0 Å². The third kappa shape index (κ3) is 4.50. The lowest BCUT2D eigenvalue weighted by Crippen LogP contribution is -1.90. The molecule has 0 unspecified atom stereocenters. The highest BCUT2D eigenvalue weighted by Crippen LogP contribution is 2.31. The zero-order valence-electron chi connectivity index (χ0n) is 16.1. The molecule has 29 heavy (non-hydrogen) atoms. The SMILES string of the molecule is Cc1cc(-c2ccc(Oc3ccc(N)cc3)cc2)ccc1Oc1ccc(N)cc1. The van der Waals surface area contributed by atoms with Gasteiger partial charge in [-0.1, -0.05) is 18.2 Å². The maximum Gasteiger partial charge on any atom is 0.130 e. The predicted molar refractivity (Wildman–Crippen MR) is 118 cm³/mol. The van der Waals surface area contributed by atoms with Crippen LogP contribution in [0.2, 0.25) is 0 Å². The fraction of sp³-hybridized carbons (Fsp3) is 0.0400. The molecule has 0 fully saturated rings. The second-order valence-corrected chi connectivity index (χ2v) is 6.85. The number of ether oxygens (including phenoxy) is 2. The van der Waals surface area contributed by atoms with Crippen molar-refractivity contribution < 1.29 is 9.47 Å². The van der Waals surface area contributed by atoms with Gasteiger partial charge < -0.3 is 20.9 Å². The van der Waals surface area contributed by atoms with E-state index in [0.717, 1.165) is 39.7 Å². The van der Waals surface area contributed by atoms with Crippen LogP contribution in [0.15, 0.2) is 91.0 Å². The van der Waals surface area contributed by atoms with Crippen molar-refractivity contribution in [1.82, 2.24) is 0 Å². The number of aryl methyl sites for hydroxylation is 1. The summed E-state index contributed by atoms with van der Waals surface area (Å²) in [6, 6.07) is 28.9. The van der Waals surface area contributed by atoms with Crippen molar-refractivity contribution in [3.63, 3.8) is 0 Å². The first kappa shape index (κ1) is 18.4. The Hall–Kier alpha value is -3.92. The largest absolute Gasteiger partial charge is 0.457 e. The third-order valence-corrected chi connectivity index (χ3v) is 4.59. The van der Waals surface area contributed by atoms with Crippen LogP contribution in [0.25, 0.3) is 11.1 Å². The van der Waals surface area contributed by atoms with E-state index in [1.807, 2.05) is 85.8 Å². The molecule has 4 nitrogen and oxygen atoms in total. The van der Waals surface area contributed by atoms with Gasteiger partial charge in [-0.25, -0.2) is 0 Å². The molecule has 0 radical (unpaired) electrons. The molecule has 0 saturated carbocycles.